The van der Waals surface area contributed by atoms with Gasteiger partial charge in [-0.05, 0) is 18.6 Å². The van der Waals surface area contributed by atoms with Crippen molar-refractivity contribution in [2.45, 2.75) is 13.3 Å². The molecule has 0 aliphatic rings. The summed E-state index contributed by atoms with van der Waals surface area (Å²) < 4.78 is 14.8. The molecular weight excluding hydrogens is 279 g/mol. The van der Waals surface area contributed by atoms with Crippen LogP contribution in [-0.4, -0.2) is 20.6 Å². The van der Waals surface area contributed by atoms with Crippen LogP contribution >= 0.6 is 0 Å². The average molecular weight is 292 g/mol. The highest BCUT2D eigenvalue weighted by Crippen LogP contribution is 2.22. The minimum Gasteiger partial charge on any atom is -0.319 e. The zero-order valence-electron chi connectivity index (χ0n) is 11.5. The summed E-state index contributed by atoms with van der Waals surface area (Å²) in [6, 6.07) is 2.75. The number of rotatable bonds is 4. The number of nitrogens with zero attached hydrogens (tertiary/aromatic N) is 3. The molecule has 0 unspecified atom stereocenters. The highest BCUT2D eigenvalue weighted by molar-refractivity contribution is 6.07. The van der Waals surface area contributed by atoms with Crippen LogP contribution in [-0.2, 0) is 13.5 Å². The lowest BCUT2D eigenvalue weighted by Gasteiger charge is -2.05. The summed E-state index contributed by atoms with van der Waals surface area (Å²) in [6.45, 7) is 1.86. The maximum absolute atomic E-state index is 13.2. The molecule has 0 fully saturated rings. The van der Waals surface area contributed by atoms with Crippen LogP contribution in [0.2, 0.25) is 0 Å². The minimum absolute atomic E-state index is 0.328. The third-order valence-electron chi connectivity index (χ3n) is 2.89. The molecular formula is C13H13FN4O3. The van der Waals surface area contributed by atoms with Gasteiger partial charge in [0.25, 0.3) is 11.6 Å². The van der Waals surface area contributed by atoms with Crippen LogP contribution in [0.5, 0.6) is 0 Å². The van der Waals surface area contributed by atoms with Gasteiger partial charge in [0.15, 0.2) is 0 Å². The zero-order chi connectivity index (χ0) is 15.6. The Morgan fingerprint density at radius 2 is 2.24 bits per heavy atom. The number of nitro groups is 1. The molecule has 0 radical (unpaired) electrons. The molecule has 21 heavy (non-hydrogen) atoms. The smallest absolute Gasteiger partial charge is 0.282 e. The maximum Gasteiger partial charge on any atom is 0.282 e. The van der Waals surface area contributed by atoms with E-state index in [-0.39, 0.29) is 5.56 Å². The van der Waals surface area contributed by atoms with Crippen molar-refractivity contribution in [3.05, 3.63) is 51.6 Å². The summed E-state index contributed by atoms with van der Waals surface area (Å²) in [5.41, 5.74) is 0.315. The van der Waals surface area contributed by atoms with E-state index in [1.54, 1.807) is 13.2 Å². The number of carbonyl (C=O) groups excluding carboxylic acids is 1. The number of hydrogen-bond donors (Lipinski definition) is 1. The third kappa shape index (κ3) is 3.04. The van der Waals surface area contributed by atoms with E-state index < -0.39 is 22.3 Å². The molecule has 1 heterocycles. The molecule has 1 aromatic heterocycles. The quantitative estimate of drug-likeness (QED) is 0.691. The number of amides is 1. The fraction of sp³-hybridized carbons (Fsp3) is 0.231. The highest BCUT2D eigenvalue weighted by atomic mass is 19.1. The highest BCUT2D eigenvalue weighted by Gasteiger charge is 2.22. The Balaban J connectivity index is 2.36. The van der Waals surface area contributed by atoms with Gasteiger partial charge in [-0.15, -0.1) is 0 Å². The van der Waals surface area contributed by atoms with Crippen molar-refractivity contribution in [2.75, 3.05) is 5.32 Å². The van der Waals surface area contributed by atoms with Gasteiger partial charge >= 0.3 is 0 Å². The van der Waals surface area contributed by atoms with Crippen molar-refractivity contribution in [1.29, 1.82) is 0 Å². The first-order valence-corrected chi connectivity index (χ1v) is 6.20. The number of aromatic nitrogens is 2. The van der Waals surface area contributed by atoms with Gasteiger partial charge in [0.2, 0.25) is 0 Å². The van der Waals surface area contributed by atoms with Crippen LogP contribution in [0.3, 0.4) is 0 Å². The van der Waals surface area contributed by atoms with Crippen LogP contribution in [0.15, 0.2) is 24.4 Å². The molecule has 7 nitrogen and oxygen atoms in total. The van der Waals surface area contributed by atoms with Crippen LogP contribution < -0.4 is 5.32 Å². The molecule has 1 N–H and O–H groups in total. The van der Waals surface area contributed by atoms with Gasteiger partial charge in [0.1, 0.15) is 11.4 Å². The summed E-state index contributed by atoms with van der Waals surface area (Å²) in [7, 11) is 1.69. The lowest BCUT2D eigenvalue weighted by Crippen LogP contribution is -2.15. The van der Waals surface area contributed by atoms with Gasteiger partial charge < -0.3 is 5.32 Å². The molecule has 1 aromatic carbocycles. The second-order valence-corrected chi connectivity index (χ2v) is 4.39. The Morgan fingerprint density at radius 3 is 2.86 bits per heavy atom. The molecule has 0 saturated heterocycles. The average Bonchev–Trinajstić information content (AvgIpc) is 2.78. The summed E-state index contributed by atoms with van der Waals surface area (Å²) in [5.74, 6) is -1.46. The van der Waals surface area contributed by atoms with Crippen LogP contribution in [0, 0.1) is 15.9 Å². The van der Waals surface area contributed by atoms with E-state index in [2.05, 4.69) is 10.4 Å². The van der Waals surface area contributed by atoms with Crippen molar-refractivity contribution in [2.24, 2.45) is 7.05 Å². The van der Waals surface area contributed by atoms with Gasteiger partial charge in [-0.3, -0.25) is 19.6 Å². The molecule has 8 heteroatoms. The van der Waals surface area contributed by atoms with E-state index in [4.69, 9.17) is 0 Å². The Hall–Kier alpha value is -2.77. The SMILES string of the molecule is CCc1nn(C)cc1NC(=O)c1cc(F)ccc1[N+](=O)[O-]. The lowest BCUT2D eigenvalue weighted by atomic mass is 10.1. The lowest BCUT2D eigenvalue weighted by molar-refractivity contribution is -0.385. The number of halogens is 1. The fourth-order valence-electron chi connectivity index (χ4n) is 1.94. The van der Waals surface area contributed by atoms with Gasteiger partial charge in [0.05, 0.1) is 16.3 Å². The van der Waals surface area contributed by atoms with Crippen molar-refractivity contribution in [1.82, 2.24) is 9.78 Å². The summed E-state index contributed by atoms with van der Waals surface area (Å²) in [4.78, 5) is 22.3. The molecule has 1 amide bonds. The first-order valence-electron chi connectivity index (χ1n) is 6.20. The number of anilines is 1. The van der Waals surface area contributed by atoms with E-state index in [0.717, 1.165) is 18.2 Å². The molecule has 0 saturated carbocycles. The molecule has 2 rings (SSSR count). The Morgan fingerprint density at radius 1 is 1.52 bits per heavy atom. The van der Waals surface area contributed by atoms with Crippen molar-refractivity contribution < 1.29 is 14.1 Å². The van der Waals surface area contributed by atoms with Crippen molar-refractivity contribution in [3.8, 4) is 0 Å². The van der Waals surface area contributed by atoms with Crippen LogP contribution in [0.4, 0.5) is 15.8 Å². The maximum atomic E-state index is 13.2. The van der Waals surface area contributed by atoms with E-state index in [1.165, 1.54) is 4.68 Å². The van der Waals surface area contributed by atoms with Crippen molar-refractivity contribution in [3.63, 3.8) is 0 Å². The van der Waals surface area contributed by atoms with Gasteiger partial charge in [-0.2, -0.15) is 5.10 Å². The van der Waals surface area contributed by atoms with Crippen molar-refractivity contribution >= 4 is 17.3 Å². The second-order valence-electron chi connectivity index (χ2n) is 4.39. The number of hydrogen-bond acceptors (Lipinski definition) is 4. The zero-order valence-corrected chi connectivity index (χ0v) is 11.5. The first-order chi connectivity index (χ1) is 9.92. The standard InChI is InChI=1S/C13H13FN4O3/c1-3-10-11(7-17(2)16-10)15-13(19)9-6-8(14)4-5-12(9)18(20)21/h4-7H,3H2,1-2H3,(H,15,19). The summed E-state index contributed by atoms with van der Waals surface area (Å²) in [5, 5.41) is 17.6. The topological polar surface area (TPSA) is 90.1 Å². The predicted molar refractivity (Wildman–Crippen MR) is 73.6 cm³/mol. The van der Waals surface area contributed by atoms with E-state index in [0.29, 0.717) is 17.8 Å². The number of carbonyl (C=O) groups is 1. The molecule has 0 atom stereocenters. The predicted octanol–water partition coefficient (Wildman–Crippen LogP) is 2.28. The Kier molecular flexibility index (Phi) is 3.97. The summed E-state index contributed by atoms with van der Waals surface area (Å²) in [6.07, 6.45) is 2.17. The van der Waals surface area contributed by atoms with Crippen LogP contribution in [0.25, 0.3) is 0 Å². The first kappa shape index (κ1) is 14.6. The molecule has 0 aliphatic heterocycles. The van der Waals surface area contributed by atoms with Crippen LogP contribution in [0.1, 0.15) is 23.0 Å². The van der Waals surface area contributed by atoms with Gasteiger partial charge in [-0.25, -0.2) is 4.39 Å². The van der Waals surface area contributed by atoms with E-state index in [9.17, 15) is 19.3 Å². The number of aryl methyl sites for hydroxylation is 2. The molecule has 2 aromatic rings. The van der Waals surface area contributed by atoms with Gasteiger partial charge in [-0.1, -0.05) is 6.92 Å². The molecule has 0 bridgehead atoms. The number of nitro benzene ring substituents is 1. The summed E-state index contributed by atoms with van der Waals surface area (Å²) >= 11 is 0. The molecule has 0 aliphatic carbocycles. The molecule has 0 spiro atoms. The third-order valence-corrected chi connectivity index (χ3v) is 2.89. The normalized spacial score (nSPS) is 10.4. The Labute approximate surface area is 119 Å². The largest absolute Gasteiger partial charge is 0.319 e. The fourth-order valence-corrected chi connectivity index (χ4v) is 1.94. The van der Waals surface area contributed by atoms with Gasteiger partial charge in [0, 0.05) is 19.3 Å². The minimum atomic E-state index is -0.746. The number of nitrogens with one attached hydrogen (secondary N) is 1. The monoisotopic (exact) mass is 292 g/mol. The molecule has 110 valence electrons. The van der Waals surface area contributed by atoms with E-state index in [1.807, 2.05) is 6.92 Å². The second kappa shape index (κ2) is 5.70. The van der Waals surface area contributed by atoms with E-state index >= 15 is 0 Å². The Bertz CT molecular complexity index is 711. The number of benzene rings is 1.